The minimum atomic E-state index is -3.53. The van der Waals surface area contributed by atoms with E-state index in [1.807, 2.05) is 12.1 Å². The van der Waals surface area contributed by atoms with Crippen molar-refractivity contribution in [3.8, 4) is 11.5 Å². The Balaban J connectivity index is 1.50. The molecule has 2 aromatic carbocycles. The van der Waals surface area contributed by atoms with Gasteiger partial charge in [0.25, 0.3) is 16.0 Å². The molecule has 0 heterocycles. The molecule has 0 spiro atoms. The zero-order chi connectivity index (χ0) is 28.9. The van der Waals surface area contributed by atoms with E-state index in [1.165, 1.54) is 83.5 Å². The predicted molar refractivity (Wildman–Crippen MR) is 162 cm³/mol. The zero-order valence-corrected chi connectivity index (χ0v) is 25.3. The number of anilines is 1. The van der Waals surface area contributed by atoms with Crippen molar-refractivity contribution in [1.29, 1.82) is 0 Å². The van der Waals surface area contributed by atoms with Crippen LogP contribution in [0.4, 0.5) is 5.69 Å². The molecule has 0 radical (unpaired) electrons. The minimum absolute atomic E-state index is 0.0904. The third-order valence-electron chi connectivity index (χ3n) is 6.61. The van der Waals surface area contributed by atoms with E-state index in [-0.39, 0.29) is 19.1 Å². The van der Waals surface area contributed by atoms with E-state index >= 15 is 0 Å². The van der Waals surface area contributed by atoms with Crippen LogP contribution in [-0.2, 0) is 25.7 Å². The largest absolute Gasteiger partial charge is 0.494 e. The maximum atomic E-state index is 12.3. The predicted octanol–water partition coefficient (Wildman–Crippen LogP) is 8.04. The number of unbranched alkanes of at least 4 members (excludes halogenated alkanes) is 13. The number of carbonyl (C=O) groups is 1. The van der Waals surface area contributed by atoms with Crippen LogP contribution in [-0.4, -0.2) is 33.8 Å². The number of carbonyl (C=O) groups excluding carboxylic acids is 1. The molecule has 1 amide bonds. The number of ether oxygens (including phenoxy) is 2. The lowest BCUT2D eigenvalue weighted by molar-refractivity contribution is -0.118. The first kappa shape index (κ1) is 33.6. The Morgan fingerprint density at radius 3 is 1.80 bits per heavy atom. The van der Waals surface area contributed by atoms with Gasteiger partial charge in [-0.05, 0) is 48.4 Å². The first-order chi connectivity index (χ1) is 19.4. The third-order valence-corrected chi connectivity index (χ3v) is 7.16. The van der Waals surface area contributed by atoms with E-state index in [2.05, 4.69) is 12.2 Å². The van der Waals surface area contributed by atoms with Crippen LogP contribution in [0.25, 0.3) is 0 Å². The molecule has 0 bridgehead atoms. The first-order valence-electron chi connectivity index (χ1n) is 14.9. The Morgan fingerprint density at radius 1 is 0.725 bits per heavy atom. The highest BCUT2D eigenvalue weighted by molar-refractivity contribution is 7.85. The van der Waals surface area contributed by atoms with Gasteiger partial charge in [-0.1, -0.05) is 103 Å². The van der Waals surface area contributed by atoms with E-state index in [0.717, 1.165) is 18.4 Å². The summed E-state index contributed by atoms with van der Waals surface area (Å²) in [5, 5.41) is 2.74. The molecule has 2 aromatic rings. The molecular weight excluding hydrogens is 526 g/mol. The SMILES string of the molecule is CCCCCCCCCCCCCCCCOc1ccc(OCC(=O)Nc2cccc(COS(C)(=O)=O)c2)cc1. The number of benzene rings is 2. The molecule has 0 atom stereocenters. The van der Waals surface area contributed by atoms with Crippen molar-refractivity contribution in [2.24, 2.45) is 0 Å². The number of nitrogens with one attached hydrogen (secondary N) is 1. The molecule has 7 nitrogen and oxygen atoms in total. The van der Waals surface area contributed by atoms with Crippen LogP contribution >= 0.6 is 0 Å². The van der Waals surface area contributed by atoms with Crippen LogP contribution < -0.4 is 14.8 Å². The quantitative estimate of drug-likeness (QED) is 0.106. The van der Waals surface area contributed by atoms with Gasteiger partial charge in [-0.2, -0.15) is 8.42 Å². The second-order valence-electron chi connectivity index (χ2n) is 10.4. The second kappa shape index (κ2) is 20.3. The molecule has 1 N–H and O–H groups in total. The lowest BCUT2D eigenvalue weighted by Gasteiger charge is -2.10. The van der Waals surface area contributed by atoms with Gasteiger partial charge in [0.1, 0.15) is 11.5 Å². The fourth-order valence-electron chi connectivity index (χ4n) is 4.38. The molecule has 0 aliphatic rings. The Morgan fingerprint density at radius 2 is 1.25 bits per heavy atom. The van der Waals surface area contributed by atoms with Crippen molar-refractivity contribution >= 4 is 21.7 Å². The van der Waals surface area contributed by atoms with E-state index in [4.69, 9.17) is 13.7 Å². The monoisotopic (exact) mass is 575 g/mol. The minimum Gasteiger partial charge on any atom is -0.494 e. The summed E-state index contributed by atoms with van der Waals surface area (Å²) in [7, 11) is -3.53. The van der Waals surface area contributed by atoms with E-state index in [1.54, 1.807) is 36.4 Å². The van der Waals surface area contributed by atoms with Gasteiger partial charge in [-0.3, -0.25) is 8.98 Å². The van der Waals surface area contributed by atoms with Crippen LogP contribution in [0.2, 0.25) is 0 Å². The molecule has 0 aliphatic heterocycles. The van der Waals surface area contributed by atoms with E-state index in [0.29, 0.717) is 23.6 Å². The molecule has 0 unspecified atom stereocenters. The Kier molecular flexibility index (Phi) is 17.1. The van der Waals surface area contributed by atoms with Gasteiger partial charge >= 0.3 is 0 Å². The summed E-state index contributed by atoms with van der Waals surface area (Å²) in [6.07, 6.45) is 19.7. The van der Waals surface area contributed by atoms with Crippen molar-refractivity contribution in [1.82, 2.24) is 0 Å². The van der Waals surface area contributed by atoms with Crippen molar-refractivity contribution in [2.75, 3.05) is 24.8 Å². The summed E-state index contributed by atoms with van der Waals surface area (Å²) in [5.74, 6) is 1.05. The summed E-state index contributed by atoms with van der Waals surface area (Å²) >= 11 is 0. The van der Waals surface area contributed by atoms with Gasteiger partial charge in [0.05, 0.1) is 19.5 Å². The molecule has 2 rings (SSSR count). The summed E-state index contributed by atoms with van der Waals surface area (Å²) in [4.78, 5) is 12.3. The zero-order valence-electron chi connectivity index (χ0n) is 24.5. The molecule has 0 saturated heterocycles. The van der Waals surface area contributed by atoms with Crippen molar-refractivity contribution in [3.63, 3.8) is 0 Å². The smallest absolute Gasteiger partial charge is 0.264 e. The topological polar surface area (TPSA) is 90.9 Å². The lowest BCUT2D eigenvalue weighted by Crippen LogP contribution is -2.20. The number of amides is 1. The molecule has 0 saturated carbocycles. The molecule has 40 heavy (non-hydrogen) atoms. The molecular formula is C32H49NO6S. The van der Waals surface area contributed by atoms with Crippen molar-refractivity contribution in [3.05, 3.63) is 54.1 Å². The van der Waals surface area contributed by atoms with Crippen molar-refractivity contribution in [2.45, 2.75) is 103 Å². The number of hydrogen-bond acceptors (Lipinski definition) is 6. The van der Waals surface area contributed by atoms with Gasteiger partial charge in [0, 0.05) is 5.69 Å². The van der Waals surface area contributed by atoms with Gasteiger partial charge in [-0.15, -0.1) is 0 Å². The fourth-order valence-corrected chi connectivity index (χ4v) is 4.73. The van der Waals surface area contributed by atoms with E-state index < -0.39 is 10.1 Å². The molecule has 0 fully saturated rings. The van der Waals surface area contributed by atoms with Crippen LogP contribution in [0.3, 0.4) is 0 Å². The maximum Gasteiger partial charge on any atom is 0.264 e. The van der Waals surface area contributed by atoms with Crippen LogP contribution in [0.5, 0.6) is 11.5 Å². The standard InChI is InChI=1S/C32H49NO6S/c1-3-4-5-6-7-8-9-10-11-12-13-14-15-16-24-37-30-20-22-31(23-21-30)38-27-32(34)33-29-19-17-18-28(25-29)26-39-40(2,35)36/h17-23,25H,3-16,24,26-27H2,1-2H3,(H,33,34). The summed E-state index contributed by atoms with van der Waals surface area (Å²) in [6.45, 7) is 2.73. The third kappa shape index (κ3) is 17.2. The fraction of sp³-hybridized carbons (Fsp3) is 0.594. The Hall–Kier alpha value is -2.58. The molecule has 224 valence electrons. The molecule has 0 aliphatic carbocycles. The van der Waals surface area contributed by atoms with Crippen LogP contribution in [0.1, 0.15) is 102 Å². The lowest BCUT2D eigenvalue weighted by atomic mass is 10.0. The van der Waals surface area contributed by atoms with Gasteiger partial charge in [0.2, 0.25) is 0 Å². The van der Waals surface area contributed by atoms with Gasteiger partial charge in [-0.25, -0.2) is 0 Å². The van der Waals surface area contributed by atoms with Gasteiger partial charge < -0.3 is 14.8 Å². The highest BCUT2D eigenvalue weighted by Gasteiger charge is 2.07. The highest BCUT2D eigenvalue weighted by atomic mass is 32.2. The van der Waals surface area contributed by atoms with Gasteiger partial charge in [0.15, 0.2) is 6.61 Å². The average Bonchev–Trinajstić information content (AvgIpc) is 2.93. The summed E-state index contributed by atoms with van der Waals surface area (Å²) in [5.41, 5.74) is 1.17. The highest BCUT2D eigenvalue weighted by Crippen LogP contribution is 2.19. The molecule has 8 heteroatoms. The van der Waals surface area contributed by atoms with Crippen LogP contribution in [0.15, 0.2) is 48.5 Å². The molecule has 0 aromatic heterocycles. The Labute approximate surface area is 242 Å². The maximum absolute atomic E-state index is 12.3. The Bertz CT molecular complexity index is 1060. The average molecular weight is 576 g/mol. The second-order valence-corrected chi connectivity index (χ2v) is 12.1. The summed E-state index contributed by atoms with van der Waals surface area (Å²) < 4.78 is 38.5. The van der Waals surface area contributed by atoms with Crippen molar-refractivity contribution < 1.29 is 26.9 Å². The first-order valence-corrected chi connectivity index (χ1v) is 16.8. The number of rotatable bonds is 23. The normalized spacial score (nSPS) is 11.3. The van der Waals surface area contributed by atoms with E-state index in [9.17, 15) is 13.2 Å². The van der Waals surface area contributed by atoms with Crippen LogP contribution in [0, 0.1) is 0 Å². The number of hydrogen-bond donors (Lipinski definition) is 1. The summed E-state index contributed by atoms with van der Waals surface area (Å²) in [6, 6.07) is 14.1.